The van der Waals surface area contributed by atoms with Crippen LogP contribution in [0.15, 0.2) is 30.3 Å². The summed E-state index contributed by atoms with van der Waals surface area (Å²) in [6.45, 7) is 12.9. The topological polar surface area (TPSA) is 55.8 Å². The predicted octanol–water partition coefficient (Wildman–Crippen LogP) is 3.67. The molecule has 0 amide bonds. The van der Waals surface area contributed by atoms with Crippen LogP contribution in [0.5, 0.6) is 0 Å². The van der Waals surface area contributed by atoms with Crippen LogP contribution in [-0.2, 0) is 19.1 Å². The van der Waals surface area contributed by atoms with Crippen molar-refractivity contribution in [1.29, 1.82) is 0 Å². The summed E-state index contributed by atoms with van der Waals surface area (Å²) in [6, 6.07) is 9.28. The van der Waals surface area contributed by atoms with Crippen molar-refractivity contribution in [2.45, 2.75) is 40.5 Å². The summed E-state index contributed by atoms with van der Waals surface area (Å²) >= 11 is 0. The maximum atomic E-state index is 12.6. The van der Waals surface area contributed by atoms with Gasteiger partial charge in [-0.15, -0.1) is 12.4 Å². The molecule has 0 bridgehead atoms. The summed E-state index contributed by atoms with van der Waals surface area (Å²) in [4.78, 5) is 26.0. The van der Waals surface area contributed by atoms with E-state index in [9.17, 15) is 9.59 Å². The molecule has 1 aromatic carbocycles. The van der Waals surface area contributed by atoms with Crippen LogP contribution in [0.1, 0.15) is 46.1 Å². The van der Waals surface area contributed by atoms with Crippen LogP contribution < -0.4 is 0 Å². The largest absolute Gasteiger partial charge is 0.465 e. The fourth-order valence-corrected chi connectivity index (χ4v) is 2.65. The predicted molar refractivity (Wildman–Crippen MR) is 106 cm³/mol. The molecule has 1 rings (SSSR count). The Labute approximate surface area is 163 Å². The Morgan fingerprint density at radius 1 is 1.08 bits per heavy atom. The van der Waals surface area contributed by atoms with E-state index in [1.807, 2.05) is 30.3 Å². The highest BCUT2D eigenvalue weighted by Crippen LogP contribution is 2.22. The maximum absolute atomic E-state index is 12.6. The van der Waals surface area contributed by atoms with Gasteiger partial charge in [0.05, 0.1) is 6.61 Å². The van der Waals surface area contributed by atoms with Crippen molar-refractivity contribution in [2.24, 2.45) is 5.41 Å². The molecule has 1 aromatic rings. The van der Waals surface area contributed by atoms with Gasteiger partial charge < -0.3 is 14.4 Å². The van der Waals surface area contributed by atoms with Crippen LogP contribution in [0.4, 0.5) is 0 Å². The van der Waals surface area contributed by atoms with Gasteiger partial charge in [0.2, 0.25) is 0 Å². The lowest BCUT2D eigenvalue weighted by Gasteiger charge is -2.31. The molecular formula is C20H32ClNO4. The quantitative estimate of drug-likeness (QED) is 0.575. The van der Waals surface area contributed by atoms with E-state index in [0.29, 0.717) is 6.61 Å². The van der Waals surface area contributed by atoms with Crippen LogP contribution in [0, 0.1) is 5.41 Å². The summed E-state index contributed by atoms with van der Waals surface area (Å²) < 4.78 is 10.7. The van der Waals surface area contributed by atoms with E-state index >= 15 is 0 Å². The number of nitrogens with zero attached hydrogens (tertiary/aromatic N) is 1. The molecule has 0 heterocycles. The van der Waals surface area contributed by atoms with Crippen LogP contribution in [0.3, 0.4) is 0 Å². The van der Waals surface area contributed by atoms with Crippen molar-refractivity contribution in [3.05, 3.63) is 35.9 Å². The summed E-state index contributed by atoms with van der Waals surface area (Å²) in [5.41, 5.74) is 0.639. The number of carbonyl (C=O) groups excluding carboxylic acids is 2. The Morgan fingerprint density at radius 2 is 1.65 bits per heavy atom. The molecule has 148 valence electrons. The highest BCUT2D eigenvalue weighted by atomic mass is 35.5. The Hall–Kier alpha value is -1.59. The van der Waals surface area contributed by atoms with Crippen molar-refractivity contribution in [3.8, 4) is 0 Å². The van der Waals surface area contributed by atoms with E-state index in [0.717, 1.165) is 25.2 Å². The summed E-state index contributed by atoms with van der Waals surface area (Å²) in [7, 11) is 0. The van der Waals surface area contributed by atoms with Gasteiger partial charge in [0.1, 0.15) is 12.5 Å². The average molecular weight is 386 g/mol. The fraction of sp³-hybridized carbons (Fsp3) is 0.600. The van der Waals surface area contributed by atoms with Gasteiger partial charge in [-0.05, 0) is 18.7 Å². The Bertz CT molecular complexity index is 544. The van der Waals surface area contributed by atoms with Gasteiger partial charge in [0.15, 0.2) is 0 Å². The number of hydrogen-bond acceptors (Lipinski definition) is 5. The standard InChI is InChI=1S/C20H31NO4.ClH/c1-6-21(7-2)14-20(4,5)15-25-19(23)18(13-24-16(3)22)17-11-9-8-10-12-17;/h8-12,18H,6-7,13-15H2,1-5H3;1H. The first kappa shape index (κ1) is 24.4. The molecule has 6 heteroatoms. The van der Waals surface area contributed by atoms with E-state index in [1.165, 1.54) is 6.92 Å². The van der Waals surface area contributed by atoms with Crippen LogP contribution in [0.25, 0.3) is 0 Å². The molecule has 1 atom stereocenters. The van der Waals surface area contributed by atoms with Crippen LogP contribution >= 0.6 is 12.4 Å². The minimum Gasteiger partial charge on any atom is -0.465 e. The highest BCUT2D eigenvalue weighted by Gasteiger charge is 2.28. The second kappa shape index (κ2) is 11.9. The van der Waals surface area contributed by atoms with Gasteiger partial charge >= 0.3 is 11.9 Å². The minimum atomic E-state index is -0.602. The number of halogens is 1. The number of carbonyl (C=O) groups is 2. The number of benzene rings is 1. The van der Waals surface area contributed by atoms with E-state index in [2.05, 4.69) is 32.6 Å². The molecular weight excluding hydrogens is 354 g/mol. The van der Waals surface area contributed by atoms with Gasteiger partial charge in [-0.25, -0.2) is 0 Å². The van der Waals surface area contributed by atoms with Gasteiger partial charge in [0.25, 0.3) is 0 Å². The zero-order valence-corrected chi connectivity index (χ0v) is 17.3. The van der Waals surface area contributed by atoms with Crippen LogP contribution in [-0.4, -0.2) is 49.7 Å². The smallest absolute Gasteiger partial charge is 0.316 e. The van der Waals surface area contributed by atoms with E-state index in [-0.39, 0.29) is 30.4 Å². The van der Waals surface area contributed by atoms with E-state index < -0.39 is 11.9 Å². The molecule has 0 aromatic heterocycles. The average Bonchev–Trinajstić information content (AvgIpc) is 2.59. The Kier molecular flexibility index (Phi) is 11.2. The zero-order chi connectivity index (χ0) is 18.9. The second-order valence-electron chi connectivity index (χ2n) is 7.00. The lowest BCUT2D eigenvalue weighted by molar-refractivity contribution is -0.153. The molecule has 1 unspecified atom stereocenters. The third-order valence-electron chi connectivity index (χ3n) is 4.09. The summed E-state index contributed by atoms with van der Waals surface area (Å²) in [5.74, 6) is -1.37. The van der Waals surface area contributed by atoms with Crippen molar-refractivity contribution < 1.29 is 19.1 Å². The summed E-state index contributed by atoms with van der Waals surface area (Å²) in [6.07, 6.45) is 0. The first-order chi connectivity index (χ1) is 11.8. The first-order valence-corrected chi connectivity index (χ1v) is 8.86. The van der Waals surface area contributed by atoms with Crippen molar-refractivity contribution >= 4 is 24.3 Å². The van der Waals surface area contributed by atoms with Gasteiger partial charge in [-0.1, -0.05) is 58.0 Å². The maximum Gasteiger partial charge on any atom is 0.316 e. The van der Waals surface area contributed by atoms with Crippen LogP contribution in [0.2, 0.25) is 0 Å². The van der Waals surface area contributed by atoms with E-state index in [4.69, 9.17) is 9.47 Å². The molecule has 0 spiro atoms. The number of rotatable bonds is 10. The molecule has 0 aliphatic heterocycles. The molecule has 0 N–H and O–H groups in total. The molecule has 26 heavy (non-hydrogen) atoms. The molecule has 0 fully saturated rings. The van der Waals surface area contributed by atoms with Crippen molar-refractivity contribution in [1.82, 2.24) is 4.90 Å². The third-order valence-corrected chi connectivity index (χ3v) is 4.09. The van der Waals surface area contributed by atoms with Crippen molar-refractivity contribution in [3.63, 3.8) is 0 Å². The molecule has 0 aliphatic carbocycles. The van der Waals surface area contributed by atoms with Gasteiger partial charge in [-0.3, -0.25) is 9.59 Å². The minimum absolute atomic E-state index is 0. The lowest BCUT2D eigenvalue weighted by Crippen LogP contribution is -2.38. The number of ether oxygens (including phenoxy) is 2. The number of esters is 2. The normalized spacial score (nSPS) is 12.2. The zero-order valence-electron chi connectivity index (χ0n) is 16.5. The SMILES string of the molecule is CCN(CC)CC(C)(C)COC(=O)C(COC(C)=O)c1ccccc1.Cl. The molecule has 0 radical (unpaired) electrons. The second-order valence-corrected chi connectivity index (χ2v) is 7.00. The fourth-order valence-electron chi connectivity index (χ4n) is 2.65. The first-order valence-electron chi connectivity index (χ1n) is 8.86. The molecule has 0 saturated carbocycles. The van der Waals surface area contributed by atoms with Gasteiger partial charge in [0, 0.05) is 18.9 Å². The molecule has 5 nitrogen and oxygen atoms in total. The number of hydrogen-bond donors (Lipinski definition) is 0. The molecule has 0 aliphatic rings. The van der Waals surface area contributed by atoms with E-state index in [1.54, 1.807) is 0 Å². The third kappa shape index (κ3) is 8.68. The summed E-state index contributed by atoms with van der Waals surface area (Å²) in [5, 5.41) is 0. The Balaban J connectivity index is 0.00000625. The Morgan fingerprint density at radius 3 is 2.15 bits per heavy atom. The van der Waals surface area contributed by atoms with Gasteiger partial charge in [-0.2, -0.15) is 0 Å². The highest BCUT2D eigenvalue weighted by molar-refractivity contribution is 5.85. The molecule has 0 saturated heterocycles. The monoisotopic (exact) mass is 385 g/mol. The lowest BCUT2D eigenvalue weighted by atomic mass is 9.93. The van der Waals surface area contributed by atoms with Crippen molar-refractivity contribution in [2.75, 3.05) is 32.8 Å².